The van der Waals surface area contributed by atoms with Crippen LogP contribution in [0.4, 0.5) is 0 Å². The SMILES string of the molecule is CC1CCN(CCCCCC(=O)S)CC1. The van der Waals surface area contributed by atoms with Gasteiger partial charge in [-0.15, -0.1) is 12.6 Å². The minimum Gasteiger partial charge on any atom is -0.303 e. The maximum atomic E-state index is 10.6. The monoisotopic (exact) mass is 229 g/mol. The number of carbonyl (C=O) groups excluding carboxylic acids is 1. The van der Waals surface area contributed by atoms with E-state index in [2.05, 4.69) is 24.5 Å². The molecule has 0 radical (unpaired) electrons. The Morgan fingerprint density at radius 3 is 2.53 bits per heavy atom. The molecule has 2 nitrogen and oxygen atoms in total. The molecule has 0 bridgehead atoms. The lowest BCUT2D eigenvalue weighted by Crippen LogP contribution is -2.33. The van der Waals surface area contributed by atoms with Crippen molar-refractivity contribution >= 4 is 17.7 Å². The highest BCUT2D eigenvalue weighted by Crippen LogP contribution is 2.16. The van der Waals surface area contributed by atoms with E-state index in [1.165, 1.54) is 45.3 Å². The van der Waals surface area contributed by atoms with Gasteiger partial charge in [-0.3, -0.25) is 4.79 Å². The predicted octanol–water partition coefficient (Wildman–Crippen LogP) is 2.74. The molecule has 0 atom stereocenters. The van der Waals surface area contributed by atoms with Crippen molar-refractivity contribution in [1.29, 1.82) is 0 Å². The maximum Gasteiger partial charge on any atom is 0.185 e. The van der Waals surface area contributed by atoms with Gasteiger partial charge in [0.15, 0.2) is 5.12 Å². The number of hydrogen-bond donors (Lipinski definition) is 1. The number of hydrogen-bond acceptors (Lipinski definition) is 2. The predicted molar refractivity (Wildman–Crippen MR) is 67.3 cm³/mol. The highest BCUT2D eigenvalue weighted by molar-refractivity contribution is 7.96. The first-order valence-electron chi connectivity index (χ1n) is 6.12. The molecule has 1 heterocycles. The summed E-state index contributed by atoms with van der Waals surface area (Å²) in [5, 5.41) is 0.0294. The van der Waals surface area contributed by atoms with Crippen molar-refractivity contribution in [2.45, 2.75) is 45.4 Å². The van der Waals surface area contributed by atoms with Crippen LogP contribution in [0.2, 0.25) is 0 Å². The zero-order chi connectivity index (χ0) is 11.1. The number of carbonyl (C=O) groups is 1. The smallest absolute Gasteiger partial charge is 0.185 e. The van der Waals surface area contributed by atoms with Crippen LogP contribution in [-0.4, -0.2) is 29.6 Å². The molecule has 0 aromatic heterocycles. The average molecular weight is 229 g/mol. The Labute approximate surface area is 98.8 Å². The second-order valence-corrected chi connectivity index (χ2v) is 5.23. The summed E-state index contributed by atoms with van der Waals surface area (Å²) in [6.45, 7) is 6.10. The van der Waals surface area contributed by atoms with Gasteiger partial charge in [0, 0.05) is 6.42 Å². The summed E-state index contributed by atoms with van der Waals surface area (Å²) < 4.78 is 0. The van der Waals surface area contributed by atoms with E-state index in [0.29, 0.717) is 6.42 Å². The van der Waals surface area contributed by atoms with Crippen molar-refractivity contribution in [3.63, 3.8) is 0 Å². The van der Waals surface area contributed by atoms with Gasteiger partial charge in [-0.2, -0.15) is 0 Å². The van der Waals surface area contributed by atoms with Crippen molar-refractivity contribution in [3.05, 3.63) is 0 Å². The van der Waals surface area contributed by atoms with E-state index in [0.717, 1.165) is 12.3 Å². The number of nitrogens with zero attached hydrogens (tertiary/aromatic N) is 1. The molecule has 0 spiro atoms. The number of likely N-dealkylation sites (tertiary alicyclic amines) is 1. The van der Waals surface area contributed by atoms with Gasteiger partial charge in [0.1, 0.15) is 0 Å². The molecule has 0 aromatic carbocycles. The summed E-state index contributed by atoms with van der Waals surface area (Å²) in [4.78, 5) is 13.2. The van der Waals surface area contributed by atoms with Gasteiger partial charge in [-0.1, -0.05) is 13.3 Å². The fourth-order valence-corrected chi connectivity index (χ4v) is 2.23. The lowest BCUT2D eigenvalue weighted by molar-refractivity contribution is -0.110. The molecule has 15 heavy (non-hydrogen) atoms. The molecular weight excluding hydrogens is 206 g/mol. The van der Waals surface area contributed by atoms with Crippen molar-refractivity contribution in [2.24, 2.45) is 5.92 Å². The molecule has 0 N–H and O–H groups in total. The van der Waals surface area contributed by atoms with Gasteiger partial charge >= 0.3 is 0 Å². The summed E-state index contributed by atoms with van der Waals surface area (Å²) >= 11 is 3.76. The molecule has 0 unspecified atom stereocenters. The van der Waals surface area contributed by atoms with Crippen LogP contribution in [-0.2, 0) is 4.79 Å². The van der Waals surface area contributed by atoms with Crippen LogP contribution in [0.15, 0.2) is 0 Å². The zero-order valence-corrected chi connectivity index (χ0v) is 10.6. The van der Waals surface area contributed by atoms with Crippen LogP contribution in [0.5, 0.6) is 0 Å². The van der Waals surface area contributed by atoms with E-state index in [4.69, 9.17) is 0 Å². The summed E-state index contributed by atoms with van der Waals surface area (Å²) in [6.07, 6.45) is 6.75. The first-order valence-corrected chi connectivity index (χ1v) is 6.57. The fraction of sp³-hybridized carbons (Fsp3) is 0.917. The van der Waals surface area contributed by atoms with Crippen molar-refractivity contribution < 1.29 is 4.79 Å². The molecular formula is C12H23NOS. The molecule has 1 rings (SSSR count). The van der Waals surface area contributed by atoms with E-state index < -0.39 is 0 Å². The van der Waals surface area contributed by atoms with Crippen LogP contribution in [0.1, 0.15) is 45.4 Å². The summed E-state index contributed by atoms with van der Waals surface area (Å²) in [5.74, 6) is 0.919. The van der Waals surface area contributed by atoms with E-state index >= 15 is 0 Å². The molecule has 3 heteroatoms. The minimum atomic E-state index is 0.0294. The highest BCUT2D eigenvalue weighted by atomic mass is 32.1. The van der Waals surface area contributed by atoms with Gasteiger partial charge in [-0.05, 0) is 51.2 Å². The molecule has 1 saturated heterocycles. The first-order chi connectivity index (χ1) is 7.18. The topological polar surface area (TPSA) is 20.3 Å². The number of rotatable bonds is 6. The number of piperidine rings is 1. The van der Waals surface area contributed by atoms with E-state index in [9.17, 15) is 4.79 Å². The Kier molecular flexibility index (Phi) is 6.34. The lowest BCUT2D eigenvalue weighted by Gasteiger charge is -2.30. The Morgan fingerprint density at radius 2 is 1.93 bits per heavy atom. The summed E-state index contributed by atoms with van der Waals surface area (Å²) in [7, 11) is 0. The summed E-state index contributed by atoms with van der Waals surface area (Å²) in [5.41, 5.74) is 0. The van der Waals surface area contributed by atoms with Crippen LogP contribution < -0.4 is 0 Å². The Morgan fingerprint density at radius 1 is 1.27 bits per heavy atom. The first kappa shape index (κ1) is 13.0. The quantitative estimate of drug-likeness (QED) is 0.558. The maximum absolute atomic E-state index is 10.6. The molecule has 1 aliphatic heterocycles. The average Bonchev–Trinajstić information content (AvgIpc) is 2.20. The van der Waals surface area contributed by atoms with Gasteiger partial charge in [0.2, 0.25) is 0 Å². The van der Waals surface area contributed by atoms with E-state index in [1.54, 1.807) is 0 Å². The molecule has 0 aliphatic carbocycles. The van der Waals surface area contributed by atoms with Crippen LogP contribution >= 0.6 is 12.6 Å². The number of thiol groups is 1. The van der Waals surface area contributed by atoms with Crippen LogP contribution in [0.3, 0.4) is 0 Å². The molecule has 88 valence electrons. The molecule has 1 fully saturated rings. The van der Waals surface area contributed by atoms with E-state index in [-0.39, 0.29) is 5.12 Å². The minimum absolute atomic E-state index is 0.0294. The fourth-order valence-electron chi connectivity index (χ4n) is 2.07. The lowest BCUT2D eigenvalue weighted by atomic mass is 9.99. The van der Waals surface area contributed by atoms with Crippen molar-refractivity contribution in [1.82, 2.24) is 4.90 Å². The van der Waals surface area contributed by atoms with Gasteiger partial charge in [0.25, 0.3) is 0 Å². The third kappa shape index (κ3) is 6.21. The Balaban J connectivity index is 1.94. The molecule has 0 amide bonds. The molecule has 0 saturated carbocycles. The Hall–Kier alpha value is -0.0200. The highest BCUT2D eigenvalue weighted by Gasteiger charge is 2.14. The van der Waals surface area contributed by atoms with Gasteiger partial charge in [0.05, 0.1) is 0 Å². The standard InChI is InChI=1S/C12H23NOS/c1-11-6-9-13(10-7-11)8-4-2-3-5-12(14)15/h11H,2-10H2,1H3,(H,14,15). The third-order valence-corrected chi connectivity index (χ3v) is 3.46. The van der Waals surface area contributed by atoms with Crippen LogP contribution in [0.25, 0.3) is 0 Å². The van der Waals surface area contributed by atoms with Crippen molar-refractivity contribution in [3.8, 4) is 0 Å². The third-order valence-electron chi connectivity index (χ3n) is 3.24. The van der Waals surface area contributed by atoms with Crippen molar-refractivity contribution in [2.75, 3.05) is 19.6 Å². The van der Waals surface area contributed by atoms with Gasteiger partial charge in [-0.25, -0.2) is 0 Å². The second-order valence-electron chi connectivity index (χ2n) is 4.73. The zero-order valence-electron chi connectivity index (χ0n) is 9.74. The summed E-state index contributed by atoms with van der Waals surface area (Å²) in [6, 6.07) is 0. The number of unbranched alkanes of at least 4 members (excludes halogenated alkanes) is 2. The molecule has 0 aromatic rings. The molecule has 1 aliphatic rings. The normalized spacial score (nSPS) is 19.3. The van der Waals surface area contributed by atoms with Crippen LogP contribution in [0, 0.1) is 5.92 Å². The van der Waals surface area contributed by atoms with E-state index in [1.807, 2.05) is 0 Å². The Bertz CT molecular complexity index is 188. The van der Waals surface area contributed by atoms with Gasteiger partial charge < -0.3 is 4.90 Å². The second kappa shape index (κ2) is 7.29. The largest absolute Gasteiger partial charge is 0.303 e.